The first-order valence-corrected chi connectivity index (χ1v) is 11.3. The molecule has 0 radical (unpaired) electrons. The number of amides is 2. The predicted molar refractivity (Wildman–Crippen MR) is 127 cm³/mol. The van der Waals surface area contributed by atoms with Crippen molar-refractivity contribution in [3.8, 4) is 0 Å². The number of rotatable bonds is 5. The molecule has 1 aliphatic rings. The summed E-state index contributed by atoms with van der Waals surface area (Å²) in [6.07, 6.45) is 3.86. The largest absolute Gasteiger partial charge is 0.459 e. The molecule has 0 saturated carbocycles. The van der Waals surface area contributed by atoms with Gasteiger partial charge in [0.25, 0.3) is 11.8 Å². The molecule has 1 saturated heterocycles. The van der Waals surface area contributed by atoms with Crippen LogP contribution in [0.25, 0.3) is 10.2 Å². The number of nitrogens with one attached hydrogen (secondary N) is 2. The molecule has 1 fully saturated rings. The Morgan fingerprint density at radius 3 is 2.66 bits per heavy atom. The number of nitrogens with zero attached hydrogens (tertiary/aromatic N) is 2. The van der Waals surface area contributed by atoms with E-state index in [0.717, 1.165) is 34.0 Å². The second kappa shape index (κ2) is 8.47. The number of thiazole rings is 1. The van der Waals surface area contributed by atoms with Crippen LogP contribution in [-0.4, -0.2) is 29.9 Å². The van der Waals surface area contributed by atoms with E-state index in [-0.39, 0.29) is 17.6 Å². The third-order valence-electron chi connectivity index (χ3n) is 5.50. The van der Waals surface area contributed by atoms with Gasteiger partial charge in [0, 0.05) is 30.0 Å². The van der Waals surface area contributed by atoms with Gasteiger partial charge in [-0.3, -0.25) is 9.59 Å². The van der Waals surface area contributed by atoms with E-state index in [0.29, 0.717) is 16.9 Å². The minimum atomic E-state index is -0.361. The van der Waals surface area contributed by atoms with Crippen molar-refractivity contribution < 1.29 is 14.0 Å². The molecule has 0 spiro atoms. The summed E-state index contributed by atoms with van der Waals surface area (Å²) >= 11 is 1.65. The number of furan rings is 1. The first kappa shape index (κ1) is 20.3. The van der Waals surface area contributed by atoms with Crippen LogP contribution >= 0.6 is 11.3 Å². The minimum Gasteiger partial charge on any atom is -0.459 e. The Bertz CT molecular complexity index is 1290. The zero-order chi connectivity index (χ0) is 22.1. The molecule has 0 aliphatic carbocycles. The van der Waals surface area contributed by atoms with Crippen molar-refractivity contribution >= 4 is 49.9 Å². The lowest BCUT2D eigenvalue weighted by molar-refractivity contribution is 0.0993. The molecule has 1 aliphatic heterocycles. The molecule has 0 unspecified atom stereocenters. The number of carbonyl (C=O) groups is 2. The summed E-state index contributed by atoms with van der Waals surface area (Å²) in [7, 11) is 0. The highest BCUT2D eigenvalue weighted by molar-refractivity contribution is 7.22. The van der Waals surface area contributed by atoms with E-state index < -0.39 is 0 Å². The first-order chi connectivity index (χ1) is 15.6. The summed E-state index contributed by atoms with van der Waals surface area (Å²) in [5.74, 6) is -0.396. The summed E-state index contributed by atoms with van der Waals surface area (Å²) < 4.78 is 6.18. The van der Waals surface area contributed by atoms with Crippen molar-refractivity contribution in [2.45, 2.75) is 19.8 Å². The smallest absolute Gasteiger partial charge is 0.291 e. The van der Waals surface area contributed by atoms with Crippen molar-refractivity contribution in [2.24, 2.45) is 0 Å². The number of fused-ring (bicyclic) bond motifs is 1. The predicted octanol–water partition coefficient (Wildman–Crippen LogP) is 5.30. The number of benzene rings is 2. The van der Waals surface area contributed by atoms with E-state index in [4.69, 9.17) is 9.40 Å². The summed E-state index contributed by atoms with van der Waals surface area (Å²) in [6, 6.07) is 14.2. The molecule has 8 heteroatoms. The zero-order valence-electron chi connectivity index (χ0n) is 17.6. The molecule has 5 rings (SSSR count). The van der Waals surface area contributed by atoms with Gasteiger partial charge < -0.3 is 20.0 Å². The Kier molecular flexibility index (Phi) is 5.36. The van der Waals surface area contributed by atoms with Crippen molar-refractivity contribution in [1.29, 1.82) is 0 Å². The van der Waals surface area contributed by atoms with Crippen LogP contribution in [0.1, 0.15) is 39.3 Å². The molecule has 162 valence electrons. The van der Waals surface area contributed by atoms with E-state index in [9.17, 15) is 9.59 Å². The molecular formula is C24H22N4O3S. The van der Waals surface area contributed by atoms with Crippen LogP contribution in [0, 0.1) is 6.92 Å². The van der Waals surface area contributed by atoms with Gasteiger partial charge in [-0.15, -0.1) is 0 Å². The number of hydrogen-bond donors (Lipinski definition) is 2. The second-order valence-electron chi connectivity index (χ2n) is 7.79. The number of aromatic nitrogens is 1. The zero-order valence-corrected chi connectivity index (χ0v) is 18.4. The SMILES string of the molecule is Cc1ccc(C(=O)Nc2ccc3nc(N4CCCC4)sc3c2)cc1NC(=O)c1ccco1. The topological polar surface area (TPSA) is 87.5 Å². The van der Waals surface area contributed by atoms with E-state index in [1.54, 1.807) is 41.7 Å². The Hall–Kier alpha value is -3.65. The minimum absolute atomic E-state index is 0.213. The number of anilines is 3. The average Bonchev–Trinajstić information content (AvgIpc) is 3.55. The Labute approximate surface area is 189 Å². The molecule has 0 bridgehead atoms. The normalized spacial score (nSPS) is 13.5. The molecule has 2 aromatic carbocycles. The summed E-state index contributed by atoms with van der Waals surface area (Å²) in [5.41, 5.74) is 3.51. The van der Waals surface area contributed by atoms with Crippen LogP contribution in [0.4, 0.5) is 16.5 Å². The van der Waals surface area contributed by atoms with Crippen molar-refractivity contribution in [1.82, 2.24) is 4.98 Å². The van der Waals surface area contributed by atoms with Crippen LogP contribution in [0.2, 0.25) is 0 Å². The molecule has 7 nitrogen and oxygen atoms in total. The Morgan fingerprint density at radius 1 is 1.03 bits per heavy atom. The van der Waals surface area contributed by atoms with Crippen LogP contribution in [0.15, 0.2) is 59.2 Å². The molecule has 4 aromatic rings. The third-order valence-corrected chi connectivity index (χ3v) is 6.58. The average molecular weight is 447 g/mol. The van der Waals surface area contributed by atoms with Crippen molar-refractivity contribution in [2.75, 3.05) is 28.6 Å². The van der Waals surface area contributed by atoms with Gasteiger partial charge in [0.15, 0.2) is 10.9 Å². The molecule has 3 heterocycles. The maximum atomic E-state index is 12.9. The van der Waals surface area contributed by atoms with Crippen molar-refractivity contribution in [3.63, 3.8) is 0 Å². The first-order valence-electron chi connectivity index (χ1n) is 10.5. The Morgan fingerprint density at radius 2 is 1.88 bits per heavy atom. The fourth-order valence-corrected chi connectivity index (χ4v) is 4.78. The summed E-state index contributed by atoms with van der Waals surface area (Å²) in [4.78, 5) is 32.2. The molecule has 2 aromatic heterocycles. The van der Waals surface area contributed by atoms with E-state index >= 15 is 0 Å². The summed E-state index contributed by atoms with van der Waals surface area (Å²) in [5, 5.41) is 6.79. The van der Waals surface area contributed by atoms with Gasteiger partial charge in [0.05, 0.1) is 16.5 Å². The van der Waals surface area contributed by atoms with Crippen molar-refractivity contribution in [3.05, 3.63) is 71.7 Å². The van der Waals surface area contributed by atoms with Gasteiger partial charge in [-0.05, 0) is 67.8 Å². The van der Waals surface area contributed by atoms with Gasteiger partial charge in [0.1, 0.15) is 0 Å². The highest BCUT2D eigenvalue weighted by atomic mass is 32.1. The lowest BCUT2D eigenvalue weighted by Crippen LogP contribution is -2.16. The number of aryl methyl sites for hydroxylation is 1. The van der Waals surface area contributed by atoms with E-state index in [2.05, 4.69) is 15.5 Å². The third kappa shape index (κ3) is 4.09. The molecular weight excluding hydrogens is 424 g/mol. The Balaban J connectivity index is 1.33. The maximum absolute atomic E-state index is 12.9. The van der Waals surface area contributed by atoms with Gasteiger partial charge in [0.2, 0.25) is 0 Å². The van der Waals surface area contributed by atoms with Crippen LogP contribution < -0.4 is 15.5 Å². The highest BCUT2D eigenvalue weighted by Crippen LogP contribution is 2.32. The molecule has 2 N–H and O–H groups in total. The quantitative estimate of drug-likeness (QED) is 0.434. The summed E-state index contributed by atoms with van der Waals surface area (Å²) in [6.45, 7) is 3.97. The van der Waals surface area contributed by atoms with Crippen LogP contribution in [-0.2, 0) is 0 Å². The number of carbonyl (C=O) groups excluding carboxylic acids is 2. The van der Waals surface area contributed by atoms with Gasteiger partial charge >= 0.3 is 0 Å². The van der Waals surface area contributed by atoms with Gasteiger partial charge in [-0.2, -0.15) is 0 Å². The fourth-order valence-electron chi connectivity index (χ4n) is 3.73. The van der Waals surface area contributed by atoms with Gasteiger partial charge in [-0.1, -0.05) is 17.4 Å². The van der Waals surface area contributed by atoms with E-state index in [1.807, 2.05) is 25.1 Å². The second-order valence-corrected chi connectivity index (χ2v) is 8.80. The van der Waals surface area contributed by atoms with Gasteiger partial charge in [-0.25, -0.2) is 4.98 Å². The van der Waals surface area contributed by atoms with E-state index in [1.165, 1.54) is 19.1 Å². The fraction of sp³-hybridized carbons (Fsp3) is 0.208. The van der Waals surface area contributed by atoms with Crippen LogP contribution in [0.5, 0.6) is 0 Å². The molecule has 32 heavy (non-hydrogen) atoms. The number of hydrogen-bond acceptors (Lipinski definition) is 6. The maximum Gasteiger partial charge on any atom is 0.291 e. The monoisotopic (exact) mass is 446 g/mol. The lowest BCUT2D eigenvalue weighted by atomic mass is 10.1. The highest BCUT2D eigenvalue weighted by Gasteiger charge is 2.17. The molecule has 2 amide bonds. The molecule has 0 atom stereocenters. The standard InChI is InChI=1S/C24H22N4O3S/c1-15-6-7-16(13-19(15)26-23(30)20-5-4-12-31-20)22(29)25-17-8-9-18-21(14-17)32-24(27-18)28-10-2-3-11-28/h4-9,12-14H,2-3,10-11H2,1H3,(H,25,29)(H,26,30). The lowest BCUT2D eigenvalue weighted by Gasteiger charge is -2.11. The van der Waals surface area contributed by atoms with Crippen LogP contribution in [0.3, 0.4) is 0 Å².